The van der Waals surface area contributed by atoms with Crippen molar-refractivity contribution in [2.24, 2.45) is 0 Å². The lowest BCUT2D eigenvalue weighted by atomic mass is 9.98. The average molecular weight is 771 g/mol. The van der Waals surface area contributed by atoms with Crippen LogP contribution < -0.4 is 30.2 Å². The highest BCUT2D eigenvalue weighted by Gasteiger charge is 2.39. The van der Waals surface area contributed by atoms with Gasteiger partial charge in [0.05, 0.1) is 14.2 Å². The van der Waals surface area contributed by atoms with Crippen molar-refractivity contribution in [1.82, 2.24) is 30.7 Å². The Morgan fingerprint density at radius 3 is 1.79 bits per heavy atom. The lowest BCUT2D eigenvalue weighted by Gasteiger charge is -2.36. The first kappa shape index (κ1) is 41.1. The topological polar surface area (TPSA) is 176 Å². The quantitative estimate of drug-likeness (QED) is 0.358. The van der Waals surface area contributed by atoms with Gasteiger partial charge < -0.3 is 44.9 Å². The van der Waals surface area contributed by atoms with Gasteiger partial charge in [-0.1, -0.05) is 30.3 Å². The number of ether oxygens (including phenoxy) is 3. The van der Waals surface area contributed by atoms with Crippen molar-refractivity contribution in [3.63, 3.8) is 0 Å². The maximum Gasteiger partial charge on any atom is 0.246 e. The molecule has 6 atom stereocenters. The van der Waals surface area contributed by atoms with E-state index in [0.29, 0.717) is 39.7 Å². The van der Waals surface area contributed by atoms with Crippen LogP contribution in [0.25, 0.3) is 0 Å². The van der Waals surface area contributed by atoms with Gasteiger partial charge in [-0.2, -0.15) is 0 Å². The van der Waals surface area contributed by atoms with Crippen LogP contribution in [0.4, 0.5) is 0 Å². The molecule has 0 aromatic heterocycles. The summed E-state index contributed by atoms with van der Waals surface area (Å²) >= 11 is 0. The molecule has 3 N–H and O–H groups in total. The van der Waals surface area contributed by atoms with Crippen molar-refractivity contribution in [1.29, 1.82) is 0 Å². The van der Waals surface area contributed by atoms with Gasteiger partial charge in [0.2, 0.25) is 35.4 Å². The molecule has 0 aliphatic carbocycles. The maximum atomic E-state index is 14.7. The van der Waals surface area contributed by atoms with Gasteiger partial charge in [-0.3, -0.25) is 28.8 Å². The van der Waals surface area contributed by atoms with Crippen LogP contribution >= 0.6 is 0 Å². The number of amides is 6. The minimum absolute atomic E-state index is 0.00641. The van der Waals surface area contributed by atoms with Gasteiger partial charge in [-0.25, -0.2) is 0 Å². The van der Waals surface area contributed by atoms with Crippen molar-refractivity contribution in [2.75, 3.05) is 35.4 Å². The zero-order valence-corrected chi connectivity index (χ0v) is 33.0. The van der Waals surface area contributed by atoms with Crippen LogP contribution in [0.2, 0.25) is 0 Å². The van der Waals surface area contributed by atoms with E-state index in [1.165, 1.54) is 70.8 Å². The minimum atomic E-state index is -1.16. The number of nitrogens with zero attached hydrogens (tertiary/aromatic N) is 3. The predicted molar refractivity (Wildman–Crippen MR) is 206 cm³/mol. The first-order valence-electron chi connectivity index (χ1n) is 18.4. The number of carbonyl (C=O) groups is 6. The molecule has 3 aromatic rings. The van der Waals surface area contributed by atoms with Gasteiger partial charge in [0.25, 0.3) is 0 Å². The van der Waals surface area contributed by atoms with Crippen LogP contribution in [0.1, 0.15) is 37.5 Å². The zero-order valence-electron chi connectivity index (χ0n) is 33.0. The fourth-order valence-electron chi connectivity index (χ4n) is 6.83. The molecule has 0 unspecified atom stereocenters. The highest BCUT2D eigenvalue weighted by molar-refractivity contribution is 5.98. The Balaban J connectivity index is 1.57. The van der Waals surface area contributed by atoms with Crippen molar-refractivity contribution in [3.05, 3.63) is 83.4 Å². The molecule has 3 heterocycles. The Bertz CT molecular complexity index is 1950. The summed E-state index contributed by atoms with van der Waals surface area (Å²) in [6.45, 7) is 4.46. The summed E-state index contributed by atoms with van der Waals surface area (Å²) in [5, 5.41) is 8.14. The molecule has 0 spiro atoms. The molecule has 3 aliphatic heterocycles. The fraction of sp³-hybridized carbons (Fsp3) is 0.415. The standard InChI is InChI=1S/C41H50N6O9/c1-23-36(48)43-24(2)39(51)45(4)31(19-26-9-14-29(54-7)15-10-26)38(50)44-25(3)40(52)47(6)33-20-27-11-16-30(17-12-27)56-35-22-28(13-18-34(35)55-8)21-32(37(49)42-23)46(5)41(33)53/h9-18,22-25,31-33H,19-21H2,1-8H3,(H,42,49)(H,43,48)(H,44,50)/t23-,24-,25-,31-,32-,33+/m0/s1. The van der Waals surface area contributed by atoms with Crippen LogP contribution in [-0.2, 0) is 48.0 Å². The minimum Gasteiger partial charge on any atom is -0.497 e. The van der Waals surface area contributed by atoms with Crippen LogP contribution in [0.5, 0.6) is 23.0 Å². The summed E-state index contributed by atoms with van der Waals surface area (Å²) in [6, 6.07) is 12.5. The third-order valence-electron chi connectivity index (χ3n) is 10.4. The molecule has 3 aliphatic rings. The molecule has 1 saturated heterocycles. The Kier molecular flexibility index (Phi) is 12.9. The monoisotopic (exact) mass is 770 g/mol. The Morgan fingerprint density at radius 2 is 1.16 bits per heavy atom. The summed E-state index contributed by atoms with van der Waals surface area (Å²) in [7, 11) is 7.45. The average Bonchev–Trinajstić information content (AvgIpc) is 3.19. The molecule has 0 saturated carbocycles. The van der Waals surface area contributed by atoms with E-state index < -0.39 is 71.7 Å². The van der Waals surface area contributed by atoms with E-state index in [0.717, 1.165) is 0 Å². The number of nitrogens with one attached hydrogen (secondary N) is 3. The third-order valence-corrected chi connectivity index (χ3v) is 10.4. The van der Waals surface area contributed by atoms with E-state index in [1.54, 1.807) is 66.7 Å². The molecule has 0 radical (unpaired) electrons. The highest BCUT2D eigenvalue weighted by Crippen LogP contribution is 2.34. The summed E-state index contributed by atoms with van der Waals surface area (Å²) in [5.41, 5.74) is 2.03. The van der Waals surface area contributed by atoms with Crippen LogP contribution in [-0.4, -0.2) is 122 Å². The summed E-state index contributed by atoms with van der Waals surface area (Å²) in [4.78, 5) is 88.2. The lowest BCUT2D eigenvalue weighted by molar-refractivity contribution is -0.149. The van der Waals surface area contributed by atoms with Crippen molar-refractivity contribution >= 4 is 35.4 Å². The largest absolute Gasteiger partial charge is 0.497 e. The predicted octanol–water partition coefficient (Wildman–Crippen LogP) is 1.85. The lowest BCUT2D eigenvalue weighted by Crippen LogP contribution is -2.61. The number of hydrogen-bond acceptors (Lipinski definition) is 9. The highest BCUT2D eigenvalue weighted by atomic mass is 16.5. The van der Waals surface area contributed by atoms with Crippen molar-refractivity contribution in [3.8, 4) is 23.0 Å². The number of benzene rings is 3. The number of rotatable bonds is 4. The Hall–Kier alpha value is -6.12. The molecule has 15 nitrogen and oxygen atoms in total. The number of fused-ring (bicyclic) bond motifs is 2. The van der Waals surface area contributed by atoms with Crippen LogP contribution in [0, 0.1) is 0 Å². The first-order chi connectivity index (χ1) is 26.6. The molecule has 3 aromatic carbocycles. The van der Waals surface area contributed by atoms with Crippen molar-refractivity contribution < 1.29 is 43.0 Å². The van der Waals surface area contributed by atoms with Crippen molar-refractivity contribution in [2.45, 2.75) is 76.3 Å². The SMILES string of the molecule is COc1ccc(C[C@H]2C(=O)N[C@@H](C)C(=O)N(C)[C@@H]3Cc4ccc(cc4)Oc4cc(ccc4OC)C[C@@H](C(=O)N[C@@H](C)C(=O)N[C@@H](C)C(=O)N2C)N(C)C3=O)cc1. The second kappa shape index (κ2) is 17.6. The fourth-order valence-corrected chi connectivity index (χ4v) is 6.83. The summed E-state index contributed by atoms with van der Waals surface area (Å²) in [6.07, 6.45) is 0.139. The second-order valence-electron chi connectivity index (χ2n) is 14.3. The molecular weight excluding hydrogens is 720 g/mol. The van der Waals surface area contributed by atoms with E-state index in [1.807, 2.05) is 0 Å². The number of hydrogen-bond donors (Lipinski definition) is 3. The van der Waals surface area contributed by atoms with Gasteiger partial charge in [0, 0.05) is 40.4 Å². The van der Waals surface area contributed by atoms with Gasteiger partial charge >= 0.3 is 0 Å². The molecule has 6 bridgehead atoms. The van der Waals surface area contributed by atoms with E-state index in [9.17, 15) is 28.8 Å². The third kappa shape index (κ3) is 9.21. The number of likely N-dealkylation sites (N-methyl/N-ethyl adjacent to an activating group) is 3. The summed E-state index contributed by atoms with van der Waals surface area (Å²) in [5.74, 6) is -1.63. The second-order valence-corrected chi connectivity index (χ2v) is 14.3. The van der Waals surface area contributed by atoms with E-state index in [4.69, 9.17) is 14.2 Å². The first-order valence-corrected chi connectivity index (χ1v) is 18.4. The van der Waals surface area contributed by atoms with E-state index in [-0.39, 0.29) is 19.3 Å². The molecule has 6 rings (SSSR count). The molecule has 298 valence electrons. The van der Waals surface area contributed by atoms with Gasteiger partial charge in [-0.05, 0) is 73.9 Å². The normalized spacial score (nSPS) is 24.3. The smallest absolute Gasteiger partial charge is 0.246 e. The van der Waals surface area contributed by atoms with Gasteiger partial charge in [0.15, 0.2) is 11.5 Å². The molecular formula is C41H50N6O9. The van der Waals surface area contributed by atoms with Gasteiger partial charge in [0.1, 0.15) is 47.8 Å². The molecule has 15 heteroatoms. The Morgan fingerprint density at radius 1 is 0.607 bits per heavy atom. The van der Waals surface area contributed by atoms with E-state index >= 15 is 0 Å². The maximum absolute atomic E-state index is 14.7. The number of carbonyl (C=O) groups excluding carboxylic acids is 6. The Labute approximate surface area is 326 Å². The summed E-state index contributed by atoms with van der Waals surface area (Å²) < 4.78 is 17.0. The van der Waals surface area contributed by atoms with Crippen LogP contribution in [0.15, 0.2) is 66.7 Å². The molecule has 6 amide bonds. The molecule has 56 heavy (non-hydrogen) atoms. The molecule has 1 fully saturated rings. The zero-order chi connectivity index (χ0) is 40.8. The number of methoxy groups -OCH3 is 2. The van der Waals surface area contributed by atoms with Crippen LogP contribution in [0.3, 0.4) is 0 Å². The van der Waals surface area contributed by atoms with Gasteiger partial charge in [-0.15, -0.1) is 0 Å². The van der Waals surface area contributed by atoms with E-state index in [2.05, 4.69) is 16.0 Å².